The van der Waals surface area contributed by atoms with E-state index in [4.69, 9.17) is 0 Å². The number of sulfonamides is 1. The van der Waals surface area contributed by atoms with Gasteiger partial charge in [0, 0.05) is 24.7 Å². The lowest BCUT2D eigenvalue weighted by molar-refractivity contribution is -0.384. The Hall–Kier alpha value is -2.16. The highest BCUT2D eigenvalue weighted by atomic mass is 32.2. The van der Waals surface area contributed by atoms with Crippen LogP contribution in [0.5, 0.6) is 0 Å². The molecule has 3 rings (SSSR count). The molecule has 1 N–H and O–H groups in total. The van der Waals surface area contributed by atoms with Gasteiger partial charge in [0.1, 0.15) is 5.69 Å². The molecule has 9 heteroatoms. The Balaban J connectivity index is 2.00. The van der Waals surface area contributed by atoms with Crippen LogP contribution in [0.2, 0.25) is 0 Å². The zero-order valence-corrected chi connectivity index (χ0v) is 13.4. The topological polar surface area (TPSA) is 110 Å². The fraction of sp³-hybridized carbons (Fsp3) is 0.500. The second-order valence-electron chi connectivity index (χ2n) is 5.95. The van der Waals surface area contributed by atoms with Crippen LogP contribution in [0.15, 0.2) is 18.2 Å². The monoisotopic (exact) mass is 339 g/mol. The Kier molecular flexibility index (Phi) is 3.75. The molecule has 1 heterocycles. The van der Waals surface area contributed by atoms with Gasteiger partial charge in [0.25, 0.3) is 11.6 Å². The molecule has 1 aliphatic carbocycles. The average Bonchev–Trinajstić information content (AvgIpc) is 2.88. The summed E-state index contributed by atoms with van der Waals surface area (Å²) >= 11 is 0. The summed E-state index contributed by atoms with van der Waals surface area (Å²) in [5.74, 6) is -0.581. The van der Waals surface area contributed by atoms with E-state index in [1.54, 1.807) is 0 Å². The number of carbonyl (C=O) groups is 1. The molecule has 1 aromatic carbocycles. The number of fused-ring (bicyclic) bond motifs is 2. The van der Waals surface area contributed by atoms with Crippen LogP contribution in [0.4, 0.5) is 11.4 Å². The van der Waals surface area contributed by atoms with Crippen molar-refractivity contribution in [3.63, 3.8) is 0 Å². The summed E-state index contributed by atoms with van der Waals surface area (Å²) in [4.78, 5) is 23.2. The minimum absolute atomic E-state index is 0.0182. The van der Waals surface area contributed by atoms with Gasteiger partial charge in [0.05, 0.1) is 10.7 Å². The van der Waals surface area contributed by atoms with E-state index in [-0.39, 0.29) is 34.7 Å². The zero-order chi connectivity index (χ0) is 16.8. The highest BCUT2D eigenvalue weighted by Gasteiger charge is 2.46. The first kappa shape index (κ1) is 15.7. The number of benzene rings is 1. The van der Waals surface area contributed by atoms with E-state index in [1.165, 1.54) is 19.2 Å². The predicted octanol–water partition coefficient (Wildman–Crippen LogP) is 1.59. The lowest BCUT2D eigenvalue weighted by atomic mass is 10.1. The van der Waals surface area contributed by atoms with Gasteiger partial charge in [-0.05, 0) is 37.3 Å². The largest absolute Gasteiger partial charge is 0.383 e. The van der Waals surface area contributed by atoms with Crippen molar-refractivity contribution in [1.82, 2.24) is 4.31 Å². The molecule has 0 spiro atoms. The van der Waals surface area contributed by atoms with Crippen molar-refractivity contribution >= 4 is 27.3 Å². The predicted molar refractivity (Wildman–Crippen MR) is 83.7 cm³/mol. The van der Waals surface area contributed by atoms with Crippen molar-refractivity contribution in [1.29, 1.82) is 0 Å². The van der Waals surface area contributed by atoms with Crippen molar-refractivity contribution in [2.24, 2.45) is 5.92 Å². The molecule has 8 nitrogen and oxygen atoms in total. The summed E-state index contributed by atoms with van der Waals surface area (Å²) in [5.41, 5.74) is 0.0377. The van der Waals surface area contributed by atoms with Crippen LogP contribution in [0, 0.1) is 16.0 Å². The summed E-state index contributed by atoms with van der Waals surface area (Å²) in [6.07, 6.45) is 2.14. The summed E-state index contributed by atoms with van der Waals surface area (Å²) in [6, 6.07) is 3.64. The van der Waals surface area contributed by atoms with Crippen molar-refractivity contribution in [3.05, 3.63) is 33.9 Å². The maximum Gasteiger partial charge on any atom is 0.293 e. The van der Waals surface area contributed by atoms with Crippen molar-refractivity contribution in [2.75, 3.05) is 18.1 Å². The maximum absolute atomic E-state index is 12.7. The van der Waals surface area contributed by atoms with E-state index in [2.05, 4.69) is 5.32 Å². The summed E-state index contributed by atoms with van der Waals surface area (Å²) < 4.78 is 25.7. The highest BCUT2D eigenvalue weighted by Crippen LogP contribution is 2.38. The van der Waals surface area contributed by atoms with Crippen LogP contribution >= 0.6 is 0 Å². The van der Waals surface area contributed by atoms with Crippen molar-refractivity contribution < 1.29 is 18.1 Å². The smallest absolute Gasteiger partial charge is 0.293 e. The lowest BCUT2D eigenvalue weighted by Gasteiger charge is -2.32. The molecule has 2 fully saturated rings. The molecule has 1 saturated carbocycles. The van der Waals surface area contributed by atoms with Crippen molar-refractivity contribution in [2.45, 2.75) is 25.3 Å². The van der Waals surface area contributed by atoms with Gasteiger partial charge >= 0.3 is 0 Å². The maximum atomic E-state index is 12.7. The molecule has 1 aliphatic heterocycles. The number of carbonyl (C=O) groups excluding carboxylic acids is 1. The fourth-order valence-electron chi connectivity index (χ4n) is 3.46. The first-order valence-electron chi connectivity index (χ1n) is 7.36. The Labute approximate surface area is 133 Å². The minimum atomic E-state index is -3.66. The van der Waals surface area contributed by atoms with Crippen LogP contribution in [-0.4, -0.2) is 42.4 Å². The number of nitrogens with zero attached hydrogens (tertiary/aromatic N) is 2. The molecule has 2 atom stereocenters. The molecule has 2 bridgehead atoms. The SMILES string of the molecule is CNc1ccc(C(=O)N2[C@@H]3CC[C@@H](C3)CS2(=O)=O)cc1[N+](=O)[O-]. The first-order chi connectivity index (χ1) is 10.8. The number of anilines is 1. The van der Waals surface area contributed by atoms with Gasteiger partial charge < -0.3 is 5.32 Å². The van der Waals surface area contributed by atoms with Crippen LogP contribution in [-0.2, 0) is 10.0 Å². The fourth-order valence-corrected chi connectivity index (χ4v) is 5.53. The third kappa shape index (κ3) is 2.65. The number of hydrogen-bond donors (Lipinski definition) is 1. The number of hydrogen-bond acceptors (Lipinski definition) is 6. The van der Waals surface area contributed by atoms with Gasteiger partial charge in [-0.1, -0.05) is 0 Å². The zero-order valence-electron chi connectivity index (χ0n) is 12.6. The average molecular weight is 339 g/mol. The molecule has 0 unspecified atom stereocenters. The summed E-state index contributed by atoms with van der Waals surface area (Å²) in [6.45, 7) is 0. The van der Waals surface area contributed by atoms with Gasteiger partial charge in [-0.25, -0.2) is 12.7 Å². The number of nitro benzene ring substituents is 1. The van der Waals surface area contributed by atoms with E-state index in [0.29, 0.717) is 12.8 Å². The first-order valence-corrected chi connectivity index (χ1v) is 8.97. The van der Waals surface area contributed by atoms with Crippen molar-refractivity contribution in [3.8, 4) is 0 Å². The molecule has 124 valence electrons. The Morgan fingerprint density at radius 3 is 2.78 bits per heavy atom. The Bertz CT molecular complexity index is 777. The summed E-state index contributed by atoms with van der Waals surface area (Å²) in [7, 11) is -2.12. The van der Waals surface area contributed by atoms with Crippen LogP contribution in [0.1, 0.15) is 29.6 Å². The van der Waals surface area contributed by atoms with Crippen LogP contribution in [0.3, 0.4) is 0 Å². The Morgan fingerprint density at radius 2 is 2.13 bits per heavy atom. The molecule has 0 aromatic heterocycles. The summed E-state index contributed by atoms with van der Waals surface area (Å²) in [5, 5.41) is 13.8. The number of rotatable bonds is 3. The standard InChI is InChI=1S/C14H17N3O5S/c1-15-12-5-3-10(7-13(12)17(19)20)14(18)16-11-4-2-9(6-11)8-23(16,21)22/h3,5,7,9,11,15H,2,4,6,8H2,1H3/t9-,11+/m0/s1. The number of amides is 1. The highest BCUT2D eigenvalue weighted by molar-refractivity contribution is 7.89. The minimum Gasteiger partial charge on any atom is -0.383 e. The molecule has 1 amide bonds. The molecule has 2 aliphatic rings. The van der Waals surface area contributed by atoms with Crippen LogP contribution < -0.4 is 5.32 Å². The van der Waals surface area contributed by atoms with E-state index in [1.807, 2.05) is 0 Å². The van der Waals surface area contributed by atoms with Gasteiger partial charge in [-0.2, -0.15) is 0 Å². The van der Waals surface area contributed by atoms with Gasteiger partial charge in [0.15, 0.2) is 0 Å². The third-order valence-electron chi connectivity index (χ3n) is 4.50. The molecule has 23 heavy (non-hydrogen) atoms. The molecular weight excluding hydrogens is 322 g/mol. The molecule has 0 radical (unpaired) electrons. The van der Waals surface area contributed by atoms with E-state index in [9.17, 15) is 23.3 Å². The van der Waals surface area contributed by atoms with E-state index >= 15 is 0 Å². The lowest BCUT2D eigenvalue weighted by Crippen LogP contribution is -2.48. The number of nitro groups is 1. The molecular formula is C14H17N3O5S. The van der Waals surface area contributed by atoms with Gasteiger partial charge in [-0.15, -0.1) is 0 Å². The third-order valence-corrected chi connectivity index (χ3v) is 6.46. The molecule has 1 aromatic rings. The number of nitrogens with one attached hydrogen (secondary N) is 1. The second-order valence-corrected chi connectivity index (χ2v) is 7.84. The molecule has 1 saturated heterocycles. The van der Waals surface area contributed by atoms with Gasteiger partial charge in [-0.3, -0.25) is 14.9 Å². The normalized spacial score (nSPS) is 25.2. The second kappa shape index (κ2) is 5.48. The van der Waals surface area contributed by atoms with Gasteiger partial charge in [0.2, 0.25) is 10.0 Å². The quantitative estimate of drug-likeness (QED) is 0.661. The van der Waals surface area contributed by atoms with E-state index < -0.39 is 20.9 Å². The van der Waals surface area contributed by atoms with Crippen LogP contribution in [0.25, 0.3) is 0 Å². The Morgan fingerprint density at radius 1 is 1.39 bits per heavy atom. The van der Waals surface area contributed by atoms with E-state index in [0.717, 1.165) is 16.8 Å².